The van der Waals surface area contributed by atoms with Gasteiger partial charge in [-0.2, -0.15) is 15.5 Å². The van der Waals surface area contributed by atoms with Gasteiger partial charge in [-0.25, -0.2) is 13.9 Å². The molecule has 1 aliphatic carbocycles. The molecule has 10 heteroatoms. The SMILES string of the molecule is Cc1c(N2CCc3ncc(-c4cnccc4C#N)cc3C2)nc2nn(CC3(C#N)CC3)c(=O)n2c1C. The van der Waals surface area contributed by atoms with Gasteiger partial charge in [-0.1, -0.05) is 0 Å². The average Bonchev–Trinajstić information content (AvgIpc) is 3.62. The van der Waals surface area contributed by atoms with Crippen LogP contribution in [0.1, 0.15) is 40.9 Å². The molecule has 0 atom stereocenters. The standard InChI is InChI=1S/C26H23N9O/c1-16-17(2)35-24(32-34(25(35)36)15-26(14-28)5-6-26)31-23(16)33-8-4-22-20(13-33)9-19(11-30-22)21-12-29-7-3-18(21)10-27/h3,7,9,11-12H,4-6,8,13,15H2,1-2H3. The Kier molecular flexibility index (Phi) is 4.87. The molecule has 0 radical (unpaired) electrons. The lowest BCUT2D eigenvalue weighted by molar-refractivity contribution is 0.472. The number of hydrogen-bond acceptors (Lipinski definition) is 8. The first-order chi connectivity index (χ1) is 17.4. The first kappa shape index (κ1) is 21.9. The Hall–Kier alpha value is -4.57. The van der Waals surface area contributed by atoms with Crippen LogP contribution in [-0.2, 0) is 19.5 Å². The molecule has 178 valence electrons. The maximum atomic E-state index is 13.1. The van der Waals surface area contributed by atoms with Crippen LogP contribution in [0.15, 0.2) is 35.5 Å². The minimum atomic E-state index is -0.478. The number of pyridine rings is 2. The summed E-state index contributed by atoms with van der Waals surface area (Å²) in [4.78, 5) is 28.9. The van der Waals surface area contributed by atoms with Crippen LogP contribution in [-0.4, -0.2) is 35.7 Å². The minimum Gasteiger partial charge on any atom is -0.351 e. The molecule has 2 aliphatic rings. The molecule has 0 saturated heterocycles. The van der Waals surface area contributed by atoms with Crippen molar-refractivity contribution in [3.05, 3.63) is 69.3 Å². The third-order valence-electron chi connectivity index (χ3n) is 7.38. The van der Waals surface area contributed by atoms with Gasteiger partial charge in [0.05, 0.1) is 29.7 Å². The van der Waals surface area contributed by atoms with Crippen molar-refractivity contribution in [2.45, 2.75) is 46.2 Å². The quantitative estimate of drug-likeness (QED) is 0.439. The van der Waals surface area contributed by atoms with Crippen LogP contribution in [0.25, 0.3) is 16.9 Å². The summed E-state index contributed by atoms with van der Waals surface area (Å²) in [5, 5.41) is 23.4. The molecular formula is C26H23N9O. The lowest BCUT2D eigenvalue weighted by Crippen LogP contribution is -2.33. The first-order valence-corrected chi connectivity index (χ1v) is 11.9. The number of nitrogens with zero attached hydrogens (tertiary/aromatic N) is 9. The van der Waals surface area contributed by atoms with E-state index >= 15 is 0 Å². The molecule has 5 heterocycles. The van der Waals surface area contributed by atoms with Crippen LogP contribution < -0.4 is 10.6 Å². The number of fused-ring (bicyclic) bond motifs is 2. The fourth-order valence-corrected chi connectivity index (χ4v) is 4.90. The van der Waals surface area contributed by atoms with Crippen LogP contribution in [0.5, 0.6) is 0 Å². The highest BCUT2D eigenvalue weighted by molar-refractivity contribution is 5.70. The van der Waals surface area contributed by atoms with Crippen LogP contribution >= 0.6 is 0 Å². The summed E-state index contributed by atoms with van der Waals surface area (Å²) in [6, 6.07) is 8.33. The summed E-state index contributed by atoms with van der Waals surface area (Å²) in [6.45, 7) is 5.51. The van der Waals surface area contributed by atoms with Gasteiger partial charge in [-0.3, -0.25) is 9.97 Å². The Bertz CT molecular complexity index is 1680. The molecular weight excluding hydrogens is 454 g/mol. The van der Waals surface area contributed by atoms with Crippen molar-refractivity contribution in [1.82, 2.24) is 29.1 Å². The summed E-state index contributed by atoms with van der Waals surface area (Å²) in [5.74, 6) is 1.13. The highest BCUT2D eigenvalue weighted by Gasteiger charge is 2.44. The smallest absolute Gasteiger partial charge is 0.351 e. The van der Waals surface area contributed by atoms with E-state index in [9.17, 15) is 15.3 Å². The molecule has 0 unspecified atom stereocenters. The molecule has 0 aromatic carbocycles. The van der Waals surface area contributed by atoms with E-state index in [0.29, 0.717) is 24.4 Å². The number of aryl methyl sites for hydroxylation is 1. The molecule has 0 bridgehead atoms. The van der Waals surface area contributed by atoms with Crippen molar-refractivity contribution in [3.63, 3.8) is 0 Å². The van der Waals surface area contributed by atoms with Crippen molar-refractivity contribution in [1.29, 1.82) is 10.5 Å². The number of rotatable bonds is 4. The van der Waals surface area contributed by atoms with Gasteiger partial charge < -0.3 is 4.90 Å². The fourth-order valence-electron chi connectivity index (χ4n) is 4.90. The molecule has 0 amide bonds. The molecule has 1 aliphatic heterocycles. The monoisotopic (exact) mass is 477 g/mol. The molecule has 4 aromatic heterocycles. The zero-order valence-corrected chi connectivity index (χ0v) is 20.1. The second-order valence-corrected chi connectivity index (χ2v) is 9.65. The first-order valence-electron chi connectivity index (χ1n) is 11.9. The van der Waals surface area contributed by atoms with Crippen LogP contribution in [0.3, 0.4) is 0 Å². The predicted octanol–water partition coefficient (Wildman–Crippen LogP) is 2.70. The van der Waals surface area contributed by atoms with E-state index in [0.717, 1.165) is 65.3 Å². The lowest BCUT2D eigenvalue weighted by Gasteiger charge is -2.31. The van der Waals surface area contributed by atoms with E-state index in [1.54, 1.807) is 24.7 Å². The van der Waals surface area contributed by atoms with Crippen LogP contribution in [0.2, 0.25) is 0 Å². The number of hydrogen-bond donors (Lipinski definition) is 0. The van der Waals surface area contributed by atoms with E-state index in [1.807, 2.05) is 13.8 Å². The van der Waals surface area contributed by atoms with E-state index in [1.165, 1.54) is 9.08 Å². The summed E-state index contributed by atoms with van der Waals surface area (Å²) >= 11 is 0. The maximum Gasteiger partial charge on any atom is 0.351 e. The van der Waals surface area contributed by atoms with Crippen molar-refractivity contribution in [2.24, 2.45) is 5.41 Å². The Morgan fingerprint density at radius 2 is 2.03 bits per heavy atom. The second kappa shape index (κ2) is 7.99. The Morgan fingerprint density at radius 1 is 1.19 bits per heavy atom. The molecule has 4 aromatic rings. The lowest BCUT2D eigenvalue weighted by atomic mass is 9.98. The average molecular weight is 478 g/mol. The Morgan fingerprint density at radius 3 is 2.78 bits per heavy atom. The summed E-state index contributed by atoms with van der Waals surface area (Å²) in [7, 11) is 0. The Labute approximate surface area is 207 Å². The number of anilines is 1. The van der Waals surface area contributed by atoms with Crippen LogP contribution in [0, 0.1) is 41.9 Å². The topological polar surface area (TPSA) is 129 Å². The largest absolute Gasteiger partial charge is 0.351 e. The van der Waals surface area contributed by atoms with E-state index in [-0.39, 0.29) is 5.69 Å². The minimum absolute atomic E-state index is 0.256. The molecule has 6 rings (SSSR count). The normalized spacial score (nSPS) is 15.8. The van der Waals surface area contributed by atoms with Gasteiger partial charge in [-0.15, -0.1) is 5.10 Å². The van der Waals surface area contributed by atoms with E-state index < -0.39 is 5.41 Å². The molecule has 0 spiro atoms. The number of nitriles is 2. The van der Waals surface area contributed by atoms with Gasteiger partial charge in [-0.05, 0) is 44.4 Å². The van der Waals surface area contributed by atoms with Gasteiger partial charge in [0.2, 0.25) is 0 Å². The van der Waals surface area contributed by atoms with Crippen molar-refractivity contribution in [2.75, 3.05) is 11.4 Å². The molecule has 36 heavy (non-hydrogen) atoms. The van der Waals surface area contributed by atoms with E-state index in [2.05, 4.69) is 38.2 Å². The van der Waals surface area contributed by atoms with Gasteiger partial charge in [0.1, 0.15) is 5.82 Å². The van der Waals surface area contributed by atoms with Crippen LogP contribution in [0.4, 0.5) is 5.82 Å². The molecule has 1 fully saturated rings. The molecule has 0 N–H and O–H groups in total. The number of aromatic nitrogens is 6. The Balaban J connectivity index is 1.37. The summed E-state index contributed by atoms with van der Waals surface area (Å²) in [6.07, 6.45) is 7.44. The maximum absolute atomic E-state index is 13.1. The summed E-state index contributed by atoms with van der Waals surface area (Å²) in [5.41, 5.74) is 5.24. The highest BCUT2D eigenvalue weighted by atomic mass is 16.2. The van der Waals surface area contributed by atoms with Crippen molar-refractivity contribution >= 4 is 11.6 Å². The van der Waals surface area contributed by atoms with Gasteiger partial charge in [0, 0.05) is 66.2 Å². The fraction of sp³-hybridized carbons (Fsp3) is 0.346. The van der Waals surface area contributed by atoms with Crippen molar-refractivity contribution < 1.29 is 0 Å². The zero-order chi connectivity index (χ0) is 25.0. The third kappa shape index (κ3) is 3.42. The van der Waals surface area contributed by atoms with Gasteiger partial charge in [0.15, 0.2) is 0 Å². The predicted molar refractivity (Wildman–Crippen MR) is 131 cm³/mol. The zero-order valence-electron chi connectivity index (χ0n) is 20.1. The molecule has 1 saturated carbocycles. The third-order valence-corrected chi connectivity index (χ3v) is 7.38. The second-order valence-electron chi connectivity index (χ2n) is 9.65. The van der Waals surface area contributed by atoms with E-state index in [4.69, 9.17) is 4.98 Å². The van der Waals surface area contributed by atoms with Gasteiger partial charge >= 0.3 is 5.69 Å². The van der Waals surface area contributed by atoms with Crippen molar-refractivity contribution in [3.8, 4) is 23.3 Å². The molecule has 10 nitrogen and oxygen atoms in total. The van der Waals surface area contributed by atoms with Gasteiger partial charge in [0.25, 0.3) is 5.78 Å². The highest BCUT2D eigenvalue weighted by Crippen LogP contribution is 2.46. The summed E-state index contributed by atoms with van der Waals surface area (Å²) < 4.78 is 2.92.